The standard InChI is InChI=1S/C20H20FN9O2/c21-11-9-26-19(17(23)31)28-14(11)12-10-25-16(22)15(27-12)20(32)29-18-13(5-4-6-24-18)30-7-2-1-3-8-30/h4-6,9-10H,1-3,7-8H2,(H2,22,25)(H2,23,31)(H,24,29,32). The summed E-state index contributed by atoms with van der Waals surface area (Å²) in [5, 5.41) is 2.71. The molecule has 0 spiro atoms. The maximum atomic E-state index is 14.3. The highest BCUT2D eigenvalue weighted by Crippen LogP contribution is 2.27. The lowest BCUT2D eigenvalue weighted by atomic mass is 10.1. The van der Waals surface area contributed by atoms with Gasteiger partial charge in [0.05, 0.1) is 18.1 Å². The SMILES string of the molecule is NC(=O)c1ncc(F)c(-c2cnc(N)c(C(=O)Nc3ncccc3N3CCCCC3)n2)n1. The molecule has 0 aliphatic carbocycles. The second-order valence-corrected chi connectivity index (χ2v) is 7.12. The van der Waals surface area contributed by atoms with Crippen molar-refractivity contribution in [3.8, 4) is 11.4 Å². The number of halogens is 1. The summed E-state index contributed by atoms with van der Waals surface area (Å²) in [7, 11) is 0. The molecule has 1 aliphatic heterocycles. The van der Waals surface area contributed by atoms with Gasteiger partial charge in [-0.25, -0.2) is 29.3 Å². The summed E-state index contributed by atoms with van der Waals surface area (Å²) in [5.74, 6) is -2.67. The van der Waals surface area contributed by atoms with Crippen molar-refractivity contribution < 1.29 is 14.0 Å². The lowest BCUT2D eigenvalue weighted by molar-refractivity contribution is 0.0988. The highest BCUT2D eigenvalue weighted by atomic mass is 19.1. The van der Waals surface area contributed by atoms with Crippen LogP contribution in [-0.2, 0) is 0 Å². The van der Waals surface area contributed by atoms with Gasteiger partial charge in [0.2, 0.25) is 5.82 Å². The van der Waals surface area contributed by atoms with Crippen molar-refractivity contribution >= 4 is 29.1 Å². The molecule has 0 atom stereocenters. The minimum absolute atomic E-state index is 0.107. The summed E-state index contributed by atoms with van der Waals surface area (Å²) in [4.78, 5) is 46.1. The predicted molar refractivity (Wildman–Crippen MR) is 114 cm³/mol. The van der Waals surface area contributed by atoms with Crippen molar-refractivity contribution in [1.29, 1.82) is 0 Å². The number of hydrogen-bond donors (Lipinski definition) is 3. The fourth-order valence-electron chi connectivity index (χ4n) is 3.39. The smallest absolute Gasteiger partial charge is 0.286 e. The van der Waals surface area contributed by atoms with Crippen LogP contribution in [0.25, 0.3) is 11.4 Å². The van der Waals surface area contributed by atoms with E-state index in [-0.39, 0.29) is 22.9 Å². The molecule has 0 radical (unpaired) electrons. The van der Waals surface area contributed by atoms with E-state index in [4.69, 9.17) is 11.5 Å². The number of carbonyl (C=O) groups excluding carboxylic acids is 2. The van der Waals surface area contributed by atoms with Crippen molar-refractivity contribution in [1.82, 2.24) is 24.9 Å². The number of hydrogen-bond acceptors (Lipinski definition) is 9. The van der Waals surface area contributed by atoms with Crippen LogP contribution in [-0.4, -0.2) is 49.8 Å². The number of nitrogens with one attached hydrogen (secondary N) is 1. The molecule has 0 saturated carbocycles. The number of rotatable bonds is 5. The first kappa shape index (κ1) is 21.0. The molecule has 11 nitrogen and oxygen atoms in total. The van der Waals surface area contributed by atoms with Gasteiger partial charge < -0.3 is 21.7 Å². The van der Waals surface area contributed by atoms with Crippen LogP contribution < -0.4 is 21.7 Å². The molecule has 3 aromatic heterocycles. The van der Waals surface area contributed by atoms with E-state index in [1.807, 2.05) is 6.07 Å². The van der Waals surface area contributed by atoms with Crippen LogP contribution in [0.5, 0.6) is 0 Å². The number of aromatic nitrogens is 5. The number of primary amides is 1. The van der Waals surface area contributed by atoms with Gasteiger partial charge in [-0.2, -0.15) is 0 Å². The molecule has 1 fully saturated rings. The Kier molecular flexibility index (Phi) is 5.83. The van der Waals surface area contributed by atoms with Gasteiger partial charge in [-0.05, 0) is 31.4 Å². The molecule has 0 aromatic carbocycles. The number of piperidine rings is 1. The van der Waals surface area contributed by atoms with E-state index in [9.17, 15) is 14.0 Å². The van der Waals surface area contributed by atoms with Crippen molar-refractivity contribution in [2.45, 2.75) is 19.3 Å². The fraction of sp³-hybridized carbons (Fsp3) is 0.250. The van der Waals surface area contributed by atoms with Gasteiger partial charge in [0.25, 0.3) is 11.8 Å². The zero-order chi connectivity index (χ0) is 22.7. The molecular formula is C20H20FN9O2. The number of pyridine rings is 1. The zero-order valence-electron chi connectivity index (χ0n) is 17.0. The van der Waals surface area contributed by atoms with Crippen molar-refractivity contribution in [3.63, 3.8) is 0 Å². The Balaban J connectivity index is 1.65. The molecule has 1 saturated heterocycles. The Bertz CT molecular complexity index is 1180. The van der Waals surface area contributed by atoms with Gasteiger partial charge in [0.1, 0.15) is 11.4 Å². The zero-order valence-corrected chi connectivity index (χ0v) is 17.0. The van der Waals surface area contributed by atoms with Crippen LogP contribution in [0.3, 0.4) is 0 Å². The first-order chi connectivity index (χ1) is 15.4. The summed E-state index contributed by atoms with van der Waals surface area (Å²) in [6.45, 7) is 1.72. The van der Waals surface area contributed by atoms with E-state index in [1.165, 1.54) is 0 Å². The first-order valence-electron chi connectivity index (χ1n) is 9.90. The molecule has 0 bridgehead atoms. The topological polar surface area (TPSA) is 166 Å². The summed E-state index contributed by atoms with van der Waals surface area (Å²) >= 11 is 0. The summed E-state index contributed by atoms with van der Waals surface area (Å²) in [6, 6.07) is 3.67. The largest absolute Gasteiger partial charge is 0.382 e. The van der Waals surface area contributed by atoms with E-state index < -0.39 is 23.5 Å². The van der Waals surface area contributed by atoms with Crippen LogP contribution in [0.4, 0.5) is 21.7 Å². The fourth-order valence-corrected chi connectivity index (χ4v) is 3.39. The van der Waals surface area contributed by atoms with Gasteiger partial charge in [-0.3, -0.25) is 9.59 Å². The van der Waals surface area contributed by atoms with E-state index in [1.54, 1.807) is 12.3 Å². The summed E-state index contributed by atoms with van der Waals surface area (Å²) in [6.07, 6.45) is 6.77. The molecule has 3 aromatic rings. The van der Waals surface area contributed by atoms with E-state index in [0.29, 0.717) is 5.82 Å². The average Bonchev–Trinajstić information content (AvgIpc) is 2.80. The van der Waals surface area contributed by atoms with Gasteiger partial charge >= 0.3 is 0 Å². The monoisotopic (exact) mass is 437 g/mol. The maximum absolute atomic E-state index is 14.3. The second kappa shape index (κ2) is 8.88. The van der Waals surface area contributed by atoms with Crippen LogP contribution in [0, 0.1) is 5.82 Å². The van der Waals surface area contributed by atoms with Gasteiger partial charge in [0.15, 0.2) is 23.1 Å². The molecule has 0 unspecified atom stereocenters. The highest BCUT2D eigenvalue weighted by molar-refractivity contribution is 6.06. The van der Waals surface area contributed by atoms with E-state index in [2.05, 4.69) is 35.1 Å². The normalized spacial score (nSPS) is 13.6. The van der Waals surface area contributed by atoms with E-state index >= 15 is 0 Å². The summed E-state index contributed by atoms with van der Waals surface area (Å²) < 4.78 is 14.3. The third-order valence-electron chi connectivity index (χ3n) is 4.94. The molecule has 2 amide bonds. The maximum Gasteiger partial charge on any atom is 0.286 e. The van der Waals surface area contributed by atoms with Crippen molar-refractivity contribution in [3.05, 3.63) is 48.1 Å². The molecule has 4 heterocycles. The minimum Gasteiger partial charge on any atom is -0.382 e. The third kappa shape index (κ3) is 4.29. The highest BCUT2D eigenvalue weighted by Gasteiger charge is 2.21. The molecular weight excluding hydrogens is 417 g/mol. The molecule has 164 valence electrons. The molecule has 32 heavy (non-hydrogen) atoms. The number of carbonyl (C=O) groups is 2. The van der Waals surface area contributed by atoms with Crippen LogP contribution in [0.2, 0.25) is 0 Å². The van der Waals surface area contributed by atoms with Crippen LogP contribution >= 0.6 is 0 Å². The van der Waals surface area contributed by atoms with Crippen molar-refractivity contribution in [2.75, 3.05) is 29.0 Å². The van der Waals surface area contributed by atoms with E-state index in [0.717, 1.165) is 50.4 Å². The second-order valence-electron chi connectivity index (χ2n) is 7.12. The third-order valence-corrected chi connectivity index (χ3v) is 4.94. The Hall–Kier alpha value is -4.22. The van der Waals surface area contributed by atoms with Crippen LogP contribution in [0.15, 0.2) is 30.7 Å². The number of nitrogens with zero attached hydrogens (tertiary/aromatic N) is 6. The van der Waals surface area contributed by atoms with Crippen molar-refractivity contribution in [2.24, 2.45) is 5.73 Å². The first-order valence-corrected chi connectivity index (χ1v) is 9.90. The number of anilines is 3. The Morgan fingerprint density at radius 3 is 2.59 bits per heavy atom. The van der Waals surface area contributed by atoms with Gasteiger partial charge in [-0.15, -0.1) is 0 Å². The molecule has 5 N–H and O–H groups in total. The Morgan fingerprint density at radius 1 is 1.06 bits per heavy atom. The molecule has 4 rings (SSSR count). The number of nitrogens with two attached hydrogens (primary N) is 2. The Morgan fingerprint density at radius 2 is 1.84 bits per heavy atom. The minimum atomic E-state index is -0.937. The van der Waals surface area contributed by atoms with Gasteiger partial charge in [0, 0.05) is 19.3 Å². The lowest BCUT2D eigenvalue weighted by Gasteiger charge is -2.29. The summed E-state index contributed by atoms with van der Waals surface area (Å²) in [5.41, 5.74) is 11.1. The average molecular weight is 437 g/mol. The number of nitrogen functional groups attached to an aromatic ring is 1. The lowest BCUT2D eigenvalue weighted by Crippen LogP contribution is -2.31. The van der Waals surface area contributed by atoms with Gasteiger partial charge in [-0.1, -0.05) is 0 Å². The van der Waals surface area contributed by atoms with Crippen LogP contribution in [0.1, 0.15) is 40.4 Å². The number of amides is 2. The quantitative estimate of drug-likeness (QED) is 0.534. The molecule has 1 aliphatic rings. The predicted octanol–water partition coefficient (Wildman–Crippen LogP) is 1.39. The molecule has 12 heteroatoms. The Labute approximate surface area is 182 Å².